The van der Waals surface area contributed by atoms with Crippen LogP contribution in [0.2, 0.25) is 0 Å². The summed E-state index contributed by atoms with van der Waals surface area (Å²) in [5, 5.41) is 20.8. The van der Waals surface area contributed by atoms with E-state index in [0.717, 1.165) is 24.5 Å². The van der Waals surface area contributed by atoms with Crippen molar-refractivity contribution in [2.24, 2.45) is 5.92 Å². The molecule has 1 fully saturated rings. The lowest BCUT2D eigenvalue weighted by Gasteiger charge is -2.12. The van der Waals surface area contributed by atoms with Gasteiger partial charge >= 0.3 is 0 Å². The smallest absolute Gasteiger partial charge is 0.286 e. The van der Waals surface area contributed by atoms with E-state index in [4.69, 9.17) is 5.11 Å². The van der Waals surface area contributed by atoms with Gasteiger partial charge in [-0.2, -0.15) is 0 Å². The van der Waals surface area contributed by atoms with Crippen molar-refractivity contribution in [3.8, 4) is 0 Å². The predicted molar refractivity (Wildman–Crippen MR) is 84.7 cm³/mol. The van der Waals surface area contributed by atoms with E-state index >= 15 is 0 Å². The molecular weight excluding hydrogens is 319 g/mol. The molecule has 1 aromatic carbocycles. The number of halogens is 1. The summed E-state index contributed by atoms with van der Waals surface area (Å²) < 4.78 is 12.8. The number of likely N-dealkylation sites (tertiary alicyclic amines) is 1. The molecule has 1 aliphatic rings. The van der Waals surface area contributed by atoms with Crippen LogP contribution in [0.1, 0.15) is 21.2 Å². The third-order valence-corrected chi connectivity index (χ3v) is 4.66. The molecule has 1 unspecified atom stereocenters. The van der Waals surface area contributed by atoms with Crippen LogP contribution >= 0.6 is 11.3 Å². The van der Waals surface area contributed by atoms with E-state index in [0.29, 0.717) is 18.2 Å². The van der Waals surface area contributed by atoms with Crippen LogP contribution in [0, 0.1) is 11.7 Å². The van der Waals surface area contributed by atoms with Crippen molar-refractivity contribution in [1.82, 2.24) is 15.1 Å². The van der Waals surface area contributed by atoms with Gasteiger partial charge in [-0.25, -0.2) is 4.39 Å². The predicted octanol–water partition coefficient (Wildman–Crippen LogP) is 1.74. The zero-order chi connectivity index (χ0) is 16.2. The molecular formula is C15H17FN4O2S. The number of aromatic nitrogens is 2. The highest BCUT2D eigenvalue weighted by molar-refractivity contribution is 7.13. The summed E-state index contributed by atoms with van der Waals surface area (Å²) in [6, 6.07) is 5.56. The summed E-state index contributed by atoms with van der Waals surface area (Å²) in [5.74, 6) is -0.382. The molecule has 3 rings (SSSR count). The van der Waals surface area contributed by atoms with Crippen molar-refractivity contribution >= 4 is 22.9 Å². The topological polar surface area (TPSA) is 78.4 Å². The van der Waals surface area contributed by atoms with Gasteiger partial charge in [0.25, 0.3) is 5.91 Å². The average molecular weight is 336 g/mol. The fourth-order valence-electron chi connectivity index (χ4n) is 2.52. The number of benzene rings is 1. The second-order valence-electron chi connectivity index (χ2n) is 5.53. The minimum absolute atomic E-state index is 0.206. The van der Waals surface area contributed by atoms with E-state index in [9.17, 15) is 9.18 Å². The van der Waals surface area contributed by atoms with Crippen molar-refractivity contribution in [2.75, 3.05) is 25.0 Å². The first-order chi connectivity index (χ1) is 11.1. The Labute approximate surface area is 137 Å². The first kappa shape index (κ1) is 16.0. The number of carbonyl (C=O) groups excluding carboxylic acids is 1. The number of nitrogens with zero attached hydrogens (tertiary/aromatic N) is 3. The number of hydrogen-bond donors (Lipinski definition) is 2. The van der Waals surface area contributed by atoms with Gasteiger partial charge in [0.2, 0.25) is 5.01 Å². The summed E-state index contributed by atoms with van der Waals surface area (Å²) in [6.07, 6.45) is 0.979. The third kappa shape index (κ3) is 4.10. The van der Waals surface area contributed by atoms with Crippen LogP contribution in [-0.4, -0.2) is 45.8 Å². The molecule has 1 aliphatic heterocycles. The van der Waals surface area contributed by atoms with Crippen molar-refractivity contribution < 1.29 is 14.3 Å². The van der Waals surface area contributed by atoms with Gasteiger partial charge in [0.15, 0.2) is 0 Å². The highest BCUT2D eigenvalue weighted by Crippen LogP contribution is 2.20. The van der Waals surface area contributed by atoms with E-state index in [-0.39, 0.29) is 23.3 Å². The van der Waals surface area contributed by atoms with Crippen LogP contribution < -0.4 is 5.32 Å². The van der Waals surface area contributed by atoms with E-state index in [2.05, 4.69) is 20.4 Å². The van der Waals surface area contributed by atoms with Gasteiger partial charge in [0.1, 0.15) is 10.8 Å². The van der Waals surface area contributed by atoms with Crippen molar-refractivity contribution in [3.05, 3.63) is 40.1 Å². The Balaban J connectivity index is 1.58. The summed E-state index contributed by atoms with van der Waals surface area (Å²) in [7, 11) is 0. The fraction of sp³-hybridized carbons (Fsp3) is 0.400. The Hall–Kier alpha value is -1.90. The molecule has 8 heteroatoms. The number of rotatable bonds is 5. The van der Waals surface area contributed by atoms with Gasteiger partial charge in [-0.15, -0.1) is 10.2 Å². The highest BCUT2D eigenvalue weighted by Gasteiger charge is 2.23. The van der Waals surface area contributed by atoms with Crippen LogP contribution in [0.5, 0.6) is 0 Å². The second kappa shape index (κ2) is 7.12. The van der Waals surface area contributed by atoms with E-state index < -0.39 is 0 Å². The van der Waals surface area contributed by atoms with E-state index in [1.165, 1.54) is 35.6 Å². The number of anilines is 1. The van der Waals surface area contributed by atoms with Crippen LogP contribution in [0.25, 0.3) is 0 Å². The number of hydrogen-bond acceptors (Lipinski definition) is 6. The molecule has 0 spiro atoms. The van der Waals surface area contributed by atoms with E-state index in [1.54, 1.807) is 0 Å². The standard InChI is InChI=1S/C15H17FN4O2S/c16-11-1-3-12(4-2-11)17-14(22)15-19-18-13(23-15)8-20-6-5-10(7-20)9-21/h1-4,10,21H,5-9H2,(H,17,22). The lowest BCUT2D eigenvalue weighted by Crippen LogP contribution is -2.20. The van der Waals surface area contributed by atoms with Gasteiger partial charge in [-0.1, -0.05) is 11.3 Å². The summed E-state index contributed by atoms with van der Waals surface area (Å²) in [6.45, 7) is 2.60. The van der Waals surface area contributed by atoms with Crippen molar-refractivity contribution in [3.63, 3.8) is 0 Å². The summed E-state index contributed by atoms with van der Waals surface area (Å²) >= 11 is 1.25. The summed E-state index contributed by atoms with van der Waals surface area (Å²) in [5.41, 5.74) is 0.512. The zero-order valence-electron chi connectivity index (χ0n) is 12.4. The highest BCUT2D eigenvalue weighted by atomic mass is 32.1. The van der Waals surface area contributed by atoms with Crippen molar-refractivity contribution in [1.29, 1.82) is 0 Å². The molecule has 0 aliphatic carbocycles. The lowest BCUT2D eigenvalue weighted by molar-refractivity contribution is 0.102. The minimum Gasteiger partial charge on any atom is -0.396 e. The Morgan fingerprint density at radius 1 is 1.39 bits per heavy atom. The average Bonchev–Trinajstić information content (AvgIpc) is 3.19. The number of amides is 1. The summed E-state index contributed by atoms with van der Waals surface area (Å²) in [4.78, 5) is 14.3. The zero-order valence-corrected chi connectivity index (χ0v) is 13.2. The molecule has 2 aromatic rings. The number of carbonyl (C=O) groups is 1. The lowest BCUT2D eigenvalue weighted by atomic mass is 10.1. The molecule has 0 radical (unpaired) electrons. The number of aliphatic hydroxyl groups is 1. The van der Waals surface area contributed by atoms with Crippen LogP contribution in [0.15, 0.2) is 24.3 Å². The molecule has 2 N–H and O–H groups in total. The maximum absolute atomic E-state index is 12.8. The molecule has 0 bridgehead atoms. The van der Waals surface area contributed by atoms with Gasteiger partial charge < -0.3 is 10.4 Å². The second-order valence-corrected chi connectivity index (χ2v) is 6.60. The number of aliphatic hydroxyl groups excluding tert-OH is 1. The Kier molecular flexibility index (Phi) is 4.94. The maximum atomic E-state index is 12.8. The molecule has 23 heavy (non-hydrogen) atoms. The van der Waals surface area contributed by atoms with Crippen LogP contribution in [0.4, 0.5) is 10.1 Å². The fourth-order valence-corrected chi connectivity index (χ4v) is 3.30. The van der Waals surface area contributed by atoms with Gasteiger partial charge in [-0.05, 0) is 43.1 Å². The van der Waals surface area contributed by atoms with E-state index in [1.807, 2.05) is 0 Å². The number of nitrogens with one attached hydrogen (secondary N) is 1. The monoisotopic (exact) mass is 336 g/mol. The minimum atomic E-state index is -0.354. The van der Waals surface area contributed by atoms with Crippen LogP contribution in [-0.2, 0) is 6.54 Å². The third-order valence-electron chi connectivity index (χ3n) is 3.75. The Morgan fingerprint density at radius 3 is 2.87 bits per heavy atom. The first-order valence-corrected chi connectivity index (χ1v) is 8.18. The van der Waals surface area contributed by atoms with Crippen LogP contribution in [0.3, 0.4) is 0 Å². The quantitative estimate of drug-likeness (QED) is 0.870. The van der Waals surface area contributed by atoms with Gasteiger partial charge in [0.05, 0.1) is 6.54 Å². The van der Waals surface area contributed by atoms with Gasteiger partial charge in [-0.3, -0.25) is 9.69 Å². The Bertz CT molecular complexity index is 676. The van der Waals surface area contributed by atoms with Gasteiger partial charge in [0, 0.05) is 18.8 Å². The van der Waals surface area contributed by atoms with Crippen molar-refractivity contribution in [2.45, 2.75) is 13.0 Å². The molecule has 1 atom stereocenters. The SMILES string of the molecule is O=C(Nc1ccc(F)cc1)c1nnc(CN2CCC(CO)C2)s1. The first-order valence-electron chi connectivity index (χ1n) is 7.36. The largest absolute Gasteiger partial charge is 0.396 e. The maximum Gasteiger partial charge on any atom is 0.286 e. The molecule has 1 amide bonds. The molecule has 1 aromatic heterocycles. The molecule has 1 saturated heterocycles. The molecule has 122 valence electrons. The molecule has 2 heterocycles. The molecule has 0 saturated carbocycles. The normalized spacial score (nSPS) is 18.3. The Morgan fingerprint density at radius 2 is 2.17 bits per heavy atom. The molecule has 6 nitrogen and oxygen atoms in total.